The second kappa shape index (κ2) is 9.45. The highest BCUT2D eigenvalue weighted by Crippen LogP contribution is 2.47. The minimum atomic E-state index is -1.00. The monoisotopic (exact) mass is 481 g/mol. The van der Waals surface area contributed by atoms with E-state index in [1.807, 2.05) is 54.8 Å². The van der Waals surface area contributed by atoms with Crippen LogP contribution in [0.4, 0.5) is 4.39 Å². The minimum absolute atomic E-state index is 0.132. The van der Waals surface area contributed by atoms with Crippen LogP contribution in [-0.2, 0) is 20.7 Å². The van der Waals surface area contributed by atoms with Crippen LogP contribution in [0.15, 0.2) is 64.8 Å². The van der Waals surface area contributed by atoms with E-state index >= 15 is 0 Å². The molecule has 34 heavy (non-hydrogen) atoms. The Morgan fingerprint density at radius 3 is 2.50 bits per heavy atom. The van der Waals surface area contributed by atoms with E-state index < -0.39 is 24.2 Å². The highest BCUT2D eigenvalue weighted by molar-refractivity contribution is 7.98. The third-order valence-electron chi connectivity index (χ3n) is 7.11. The Balaban J connectivity index is 1.48. The molecule has 178 valence electrons. The number of fused-ring (bicyclic) bond motifs is 1. The maximum Gasteiger partial charge on any atom is 0.290 e. The lowest BCUT2D eigenvalue weighted by atomic mass is 9.77. The average molecular weight is 482 g/mol. The van der Waals surface area contributed by atoms with Gasteiger partial charge in [0.25, 0.3) is 5.91 Å². The zero-order chi connectivity index (χ0) is 23.8. The molecule has 2 aliphatic heterocycles. The van der Waals surface area contributed by atoms with E-state index in [0.717, 1.165) is 21.8 Å². The van der Waals surface area contributed by atoms with Gasteiger partial charge in [-0.1, -0.05) is 24.3 Å². The van der Waals surface area contributed by atoms with Crippen molar-refractivity contribution in [3.8, 4) is 5.75 Å². The summed E-state index contributed by atoms with van der Waals surface area (Å²) in [6, 6.07) is 15.2. The number of amides is 1. The Morgan fingerprint density at radius 1 is 1.09 bits per heavy atom. The number of Topliss-reactive ketones (excluding diaryl/α,β-unsaturated/α-hetero) is 1. The van der Waals surface area contributed by atoms with Crippen molar-refractivity contribution in [1.82, 2.24) is 4.90 Å². The Morgan fingerprint density at radius 2 is 1.82 bits per heavy atom. The van der Waals surface area contributed by atoms with E-state index in [2.05, 4.69) is 0 Å². The first-order valence-electron chi connectivity index (χ1n) is 11.7. The third-order valence-corrected chi connectivity index (χ3v) is 7.85. The number of hydrogen-bond donors (Lipinski definition) is 0. The van der Waals surface area contributed by atoms with Crippen molar-refractivity contribution >= 4 is 23.5 Å². The quantitative estimate of drug-likeness (QED) is 0.549. The molecule has 1 saturated carbocycles. The number of ether oxygens (including phenoxy) is 2. The molecule has 0 saturated heterocycles. The predicted molar refractivity (Wildman–Crippen MR) is 129 cm³/mol. The van der Waals surface area contributed by atoms with Crippen LogP contribution in [0.1, 0.15) is 36.4 Å². The molecule has 2 aromatic carbocycles. The second-order valence-electron chi connectivity index (χ2n) is 9.05. The third kappa shape index (κ3) is 4.11. The first kappa shape index (κ1) is 23.0. The smallest absolute Gasteiger partial charge is 0.290 e. The Labute approximate surface area is 203 Å². The van der Waals surface area contributed by atoms with Gasteiger partial charge in [-0.3, -0.25) is 9.59 Å². The minimum Gasteiger partial charge on any atom is -0.497 e. The van der Waals surface area contributed by atoms with Gasteiger partial charge in [-0.25, -0.2) is 4.39 Å². The fourth-order valence-corrected chi connectivity index (χ4v) is 5.68. The summed E-state index contributed by atoms with van der Waals surface area (Å²) in [4.78, 5) is 30.0. The molecular formula is C27H28FNO4S. The predicted octanol–water partition coefficient (Wildman–Crippen LogP) is 4.90. The number of carbonyl (C=O) groups excluding carboxylic acids is 2. The molecule has 1 fully saturated rings. The normalized spacial score (nSPS) is 26.3. The van der Waals surface area contributed by atoms with Crippen LogP contribution in [0.25, 0.3) is 0 Å². The molecule has 0 N–H and O–H groups in total. The summed E-state index contributed by atoms with van der Waals surface area (Å²) in [5.74, 6) is 0.0316. The van der Waals surface area contributed by atoms with Crippen LogP contribution in [0, 0.1) is 5.92 Å². The summed E-state index contributed by atoms with van der Waals surface area (Å²) in [6.45, 7) is 0.435. The number of ketones is 1. The molecule has 0 bridgehead atoms. The number of carbonyl (C=O) groups is 2. The van der Waals surface area contributed by atoms with Crippen LogP contribution in [0.5, 0.6) is 5.75 Å². The van der Waals surface area contributed by atoms with Crippen molar-refractivity contribution < 1.29 is 23.5 Å². The lowest BCUT2D eigenvalue weighted by Crippen LogP contribution is -2.42. The van der Waals surface area contributed by atoms with Gasteiger partial charge < -0.3 is 14.4 Å². The molecule has 0 radical (unpaired) electrons. The van der Waals surface area contributed by atoms with E-state index in [0.29, 0.717) is 31.4 Å². The van der Waals surface area contributed by atoms with Gasteiger partial charge in [-0.15, -0.1) is 11.8 Å². The molecule has 1 amide bonds. The number of halogens is 1. The van der Waals surface area contributed by atoms with E-state index in [9.17, 15) is 14.0 Å². The molecule has 7 heteroatoms. The fraction of sp³-hybridized carbons (Fsp3) is 0.407. The van der Waals surface area contributed by atoms with Crippen LogP contribution >= 0.6 is 11.8 Å². The summed E-state index contributed by atoms with van der Waals surface area (Å²) >= 11 is 1.63. The fourth-order valence-electron chi connectivity index (χ4n) is 5.27. The topological polar surface area (TPSA) is 55.8 Å². The molecule has 4 atom stereocenters. The highest BCUT2D eigenvalue weighted by Gasteiger charge is 2.52. The summed E-state index contributed by atoms with van der Waals surface area (Å²) < 4.78 is 25.5. The van der Waals surface area contributed by atoms with Gasteiger partial charge in [0.2, 0.25) is 0 Å². The number of nitrogens with zero attached hydrogens (tertiary/aromatic N) is 1. The average Bonchev–Trinajstić information content (AvgIpc) is 3.15. The molecule has 0 spiro atoms. The number of alkyl halides is 1. The van der Waals surface area contributed by atoms with Crippen LogP contribution in [0.3, 0.4) is 0 Å². The van der Waals surface area contributed by atoms with Crippen molar-refractivity contribution in [3.63, 3.8) is 0 Å². The van der Waals surface area contributed by atoms with Crippen molar-refractivity contribution in [2.75, 3.05) is 19.9 Å². The number of hydrogen-bond acceptors (Lipinski definition) is 5. The standard InChI is InChI=1S/C27H28FNO4S/c1-32-19-8-3-16(4-9-19)13-14-29-24(17-5-10-20(34-2)11-6-17)23-25(30)21-15-18(28)7-12-22(21)33-26(23)27(29)31/h3-6,8-11,18,21-22,24H,7,12-15H2,1-2H3. The van der Waals surface area contributed by atoms with Crippen molar-refractivity contribution in [2.24, 2.45) is 5.92 Å². The van der Waals surface area contributed by atoms with Crippen molar-refractivity contribution in [2.45, 2.75) is 48.9 Å². The molecule has 3 aliphatic rings. The van der Waals surface area contributed by atoms with E-state index in [1.54, 1.807) is 23.8 Å². The molecule has 2 aromatic rings. The summed E-state index contributed by atoms with van der Waals surface area (Å²) in [5.41, 5.74) is 2.33. The molecule has 5 rings (SSSR count). The van der Waals surface area contributed by atoms with E-state index in [-0.39, 0.29) is 23.9 Å². The molecule has 0 aromatic heterocycles. The zero-order valence-corrected chi connectivity index (χ0v) is 20.1. The van der Waals surface area contributed by atoms with Gasteiger partial charge in [0.15, 0.2) is 11.5 Å². The van der Waals surface area contributed by atoms with Gasteiger partial charge in [0, 0.05) is 11.4 Å². The molecule has 2 heterocycles. The summed E-state index contributed by atoms with van der Waals surface area (Å²) in [7, 11) is 1.63. The largest absolute Gasteiger partial charge is 0.497 e. The van der Waals surface area contributed by atoms with Gasteiger partial charge in [0.05, 0.1) is 24.6 Å². The Kier molecular flexibility index (Phi) is 6.38. The first-order chi connectivity index (χ1) is 16.5. The van der Waals surface area contributed by atoms with Gasteiger partial charge in [0.1, 0.15) is 18.0 Å². The second-order valence-corrected chi connectivity index (χ2v) is 9.93. The number of benzene rings is 2. The first-order valence-corrected chi connectivity index (χ1v) is 12.9. The lowest BCUT2D eigenvalue weighted by molar-refractivity contribution is -0.136. The van der Waals surface area contributed by atoms with E-state index in [4.69, 9.17) is 9.47 Å². The summed E-state index contributed by atoms with van der Waals surface area (Å²) in [6.07, 6.45) is 2.21. The maximum atomic E-state index is 14.2. The zero-order valence-electron chi connectivity index (χ0n) is 19.3. The number of thioether (sulfide) groups is 1. The number of rotatable bonds is 6. The Hall–Kier alpha value is -2.80. The molecule has 5 nitrogen and oxygen atoms in total. The Bertz CT molecular complexity index is 1110. The summed E-state index contributed by atoms with van der Waals surface area (Å²) in [5, 5.41) is 0. The maximum absolute atomic E-state index is 14.2. The van der Waals surface area contributed by atoms with Crippen LogP contribution in [-0.4, -0.2) is 48.8 Å². The molecular weight excluding hydrogens is 453 g/mol. The SMILES string of the molecule is COc1ccc(CCN2C(=O)C3=C(C(=O)C4CC(F)CCC4O3)C2c2ccc(SC)cc2)cc1. The molecule has 4 unspecified atom stereocenters. The van der Waals surface area contributed by atoms with Crippen molar-refractivity contribution in [3.05, 3.63) is 71.0 Å². The highest BCUT2D eigenvalue weighted by atomic mass is 32.2. The van der Waals surface area contributed by atoms with Crippen LogP contribution in [0.2, 0.25) is 0 Å². The van der Waals surface area contributed by atoms with Crippen LogP contribution < -0.4 is 4.74 Å². The lowest BCUT2D eigenvalue weighted by Gasteiger charge is -2.36. The molecule has 1 aliphatic carbocycles. The van der Waals surface area contributed by atoms with E-state index in [1.165, 1.54) is 0 Å². The van der Waals surface area contributed by atoms with Gasteiger partial charge in [-0.2, -0.15) is 0 Å². The van der Waals surface area contributed by atoms with Gasteiger partial charge in [-0.05, 0) is 67.3 Å². The van der Waals surface area contributed by atoms with Gasteiger partial charge >= 0.3 is 0 Å². The van der Waals surface area contributed by atoms with Crippen molar-refractivity contribution in [1.29, 1.82) is 0 Å². The number of methoxy groups -OCH3 is 1.